The lowest BCUT2D eigenvalue weighted by molar-refractivity contribution is 0.660. The van der Waals surface area contributed by atoms with Gasteiger partial charge in [0.2, 0.25) is 0 Å². The first-order chi connectivity index (χ1) is 16.1. The Bertz CT molecular complexity index is 1720. The molecule has 6 aromatic rings. The van der Waals surface area contributed by atoms with E-state index in [0.29, 0.717) is 0 Å². The second-order valence-electron chi connectivity index (χ2n) is 9.50. The van der Waals surface area contributed by atoms with Crippen LogP contribution in [0.25, 0.3) is 43.8 Å². The lowest BCUT2D eigenvalue weighted by Crippen LogP contribution is -2.15. The molecule has 2 nitrogen and oxygen atoms in total. The number of nitrogens with one attached hydrogen (secondary N) is 1. The largest absolute Gasteiger partial charge is 0.456 e. The van der Waals surface area contributed by atoms with E-state index in [9.17, 15) is 0 Å². The smallest absolute Gasteiger partial charge is 0.137 e. The van der Waals surface area contributed by atoms with Crippen molar-refractivity contribution in [2.45, 2.75) is 19.3 Å². The summed E-state index contributed by atoms with van der Waals surface area (Å²) in [7, 11) is 0. The van der Waals surface area contributed by atoms with Gasteiger partial charge in [0.15, 0.2) is 0 Å². The molecule has 0 saturated carbocycles. The fourth-order valence-electron chi connectivity index (χ4n) is 5.63. The van der Waals surface area contributed by atoms with Gasteiger partial charge in [0.05, 0.1) is 11.1 Å². The Balaban J connectivity index is 1.41. The Morgan fingerprint density at radius 1 is 0.636 bits per heavy atom. The number of hydrogen-bond acceptors (Lipinski definition) is 2. The van der Waals surface area contributed by atoms with Crippen LogP contribution in [0.15, 0.2) is 101 Å². The minimum atomic E-state index is -0.0197. The number of hydrogen-bond donors (Lipinski definition) is 1. The van der Waals surface area contributed by atoms with Crippen molar-refractivity contribution in [3.8, 4) is 11.1 Å². The highest BCUT2D eigenvalue weighted by Crippen LogP contribution is 2.49. The van der Waals surface area contributed by atoms with E-state index in [0.717, 1.165) is 27.9 Å². The van der Waals surface area contributed by atoms with Gasteiger partial charge in [-0.3, -0.25) is 0 Å². The highest BCUT2D eigenvalue weighted by molar-refractivity contribution is 6.22. The molecule has 0 amide bonds. The van der Waals surface area contributed by atoms with Gasteiger partial charge in [-0.2, -0.15) is 0 Å². The average Bonchev–Trinajstić information content (AvgIpc) is 3.33. The molecule has 1 aromatic heterocycles. The summed E-state index contributed by atoms with van der Waals surface area (Å²) < 4.78 is 6.25. The third-order valence-electron chi connectivity index (χ3n) is 7.25. The van der Waals surface area contributed by atoms with Crippen LogP contribution in [-0.2, 0) is 5.41 Å². The molecular weight excluding hydrogens is 402 g/mol. The van der Waals surface area contributed by atoms with Gasteiger partial charge >= 0.3 is 0 Å². The quantitative estimate of drug-likeness (QED) is 0.300. The van der Waals surface area contributed by atoms with Crippen LogP contribution >= 0.6 is 0 Å². The van der Waals surface area contributed by atoms with E-state index in [4.69, 9.17) is 4.42 Å². The van der Waals surface area contributed by atoms with Crippen LogP contribution in [-0.4, -0.2) is 0 Å². The highest BCUT2D eigenvalue weighted by atomic mass is 16.3. The average molecular weight is 426 g/mol. The Kier molecular flexibility index (Phi) is 3.64. The van der Waals surface area contributed by atoms with Gasteiger partial charge in [-0.1, -0.05) is 80.6 Å². The molecule has 0 aliphatic heterocycles. The van der Waals surface area contributed by atoms with Crippen molar-refractivity contribution in [1.82, 2.24) is 0 Å². The van der Waals surface area contributed by atoms with E-state index in [1.165, 1.54) is 38.4 Å². The standard InChI is InChI=1S/C31H23NO/c1-31(2)24-11-6-5-10-22(24)23-16-15-20(18-25(23)31)32-26-12-7-13-27-30(26)29-21-9-4-3-8-19(21)14-17-28(29)33-27/h3-18,32H,1-2H3. The maximum Gasteiger partial charge on any atom is 0.137 e. The molecule has 0 spiro atoms. The first-order valence-corrected chi connectivity index (χ1v) is 11.5. The van der Waals surface area contributed by atoms with E-state index >= 15 is 0 Å². The third-order valence-corrected chi connectivity index (χ3v) is 7.25. The van der Waals surface area contributed by atoms with Gasteiger partial charge in [0, 0.05) is 16.5 Å². The molecule has 0 radical (unpaired) electrons. The second kappa shape index (κ2) is 6.49. The molecule has 1 aliphatic carbocycles. The second-order valence-corrected chi connectivity index (χ2v) is 9.50. The Hall–Kier alpha value is -4.04. The van der Waals surface area contributed by atoms with Crippen LogP contribution in [0.1, 0.15) is 25.0 Å². The van der Waals surface area contributed by atoms with Crippen molar-refractivity contribution in [3.63, 3.8) is 0 Å². The zero-order chi connectivity index (χ0) is 22.2. The van der Waals surface area contributed by atoms with Gasteiger partial charge in [-0.25, -0.2) is 0 Å². The van der Waals surface area contributed by atoms with Crippen molar-refractivity contribution in [2.75, 3.05) is 5.32 Å². The zero-order valence-corrected chi connectivity index (χ0v) is 18.6. The van der Waals surface area contributed by atoms with Gasteiger partial charge in [0.1, 0.15) is 11.2 Å². The van der Waals surface area contributed by atoms with E-state index in [1.54, 1.807) is 0 Å². The highest BCUT2D eigenvalue weighted by Gasteiger charge is 2.35. The molecule has 1 aliphatic rings. The number of anilines is 2. The summed E-state index contributed by atoms with van der Waals surface area (Å²) in [4.78, 5) is 0. The predicted molar refractivity (Wildman–Crippen MR) is 139 cm³/mol. The van der Waals surface area contributed by atoms with Crippen LogP contribution < -0.4 is 5.32 Å². The molecule has 158 valence electrons. The van der Waals surface area contributed by atoms with Crippen molar-refractivity contribution in [2.24, 2.45) is 0 Å². The van der Waals surface area contributed by atoms with Gasteiger partial charge < -0.3 is 9.73 Å². The minimum absolute atomic E-state index is 0.0197. The summed E-state index contributed by atoms with van der Waals surface area (Å²) in [5.74, 6) is 0. The topological polar surface area (TPSA) is 25.2 Å². The van der Waals surface area contributed by atoms with Crippen LogP contribution in [0, 0.1) is 0 Å². The molecule has 0 bridgehead atoms. The van der Waals surface area contributed by atoms with Crippen LogP contribution in [0.2, 0.25) is 0 Å². The normalized spacial score (nSPS) is 14.0. The molecule has 1 heterocycles. The molecule has 0 atom stereocenters. The number of rotatable bonds is 2. The monoisotopic (exact) mass is 425 g/mol. The van der Waals surface area contributed by atoms with Crippen LogP contribution in [0.5, 0.6) is 0 Å². The van der Waals surface area contributed by atoms with E-state index in [-0.39, 0.29) is 5.41 Å². The predicted octanol–water partition coefficient (Wildman–Crippen LogP) is 8.79. The van der Waals surface area contributed by atoms with Crippen LogP contribution in [0.3, 0.4) is 0 Å². The molecule has 7 rings (SSSR count). The third kappa shape index (κ3) is 2.55. The van der Waals surface area contributed by atoms with Crippen molar-refractivity contribution < 1.29 is 4.42 Å². The molecule has 0 unspecified atom stereocenters. The molecular formula is C31H23NO. The summed E-state index contributed by atoms with van der Waals surface area (Å²) in [6, 6.07) is 34.5. The maximum atomic E-state index is 6.25. The lowest BCUT2D eigenvalue weighted by atomic mass is 9.82. The number of benzene rings is 5. The summed E-state index contributed by atoms with van der Waals surface area (Å²) in [5.41, 5.74) is 9.40. The molecule has 33 heavy (non-hydrogen) atoms. The van der Waals surface area contributed by atoms with Gasteiger partial charge in [-0.05, 0) is 63.4 Å². The summed E-state index contributed by atoms with van der Waals surface area (Å²) in [6.07, 6.45) is 0. The minimum Gasteiger partial charge on any atom is -0.456 e. The first-order valence-electron chi connectivity index (χ1n) is 11.5. The summed E-state index contributed by atoms with van der Waals surface area (Å²) >= 11 is 0. The van der Waals surface area contributed by atoms with Gasteiger partial charge in [-0.15, -0.1) is 0 Å². The molecule has 0 saturated heterocycles. The van der Waals surface area contributed by atoms with E-state index < -0.39 is 0 Å². The fraction of sp³-hybridized carbons (Fsp3) is 0.0968. The Morgan fingerprint density at radius 3 is 2.36 bits per heavy atom. The Labute approximate surface area is 192 Å². The number of fused-ring (bicyclic) bond motifs is 8. The number of furan rings is 1. The summed E-state index contributed by atoms with van der Waals surface area (Å²) in [5, 5.41) is 8.46. The van der Waals surface area contributed by atoms with Crippen molar-refractivity contribution in [3.05, 3.63) is 108 Å². The lowest BCUT2D eigenvalue weighted by Gasteiger charge is -2.22. The molecule has 0 fully saturated rings. The fourth-order valence-corrected chi connectivity index (χ4v) is 5.63. The maximum absolute atomic E-state index is 6.25. The zero-order valence-electron chi connectivity index (χ0n) is 18.6. The Morgan fingerprint density at radius 2 is 1.42 bits per heavy atom. The van der Waals surface area contributed by atoms with Crippen LogP contribution in [0.4, 0.5) is 11.4 Å². The SMILES string of the molecule is CC1(C)c2ccccc2-c2ccc(Nc3cccc4oc5ccc6ccccc6c5c34)cc21. The first kappa shape index (κ1) is 18.5. The molecule has 2 heteroatoms. The van der Waals surface area contributed by atoms with Crippen molar-refractivity contribution in [1.29, 1.82) is 0 Å². The van der Waals surface area contributed by atoms with E-state index in [1.807, 2.05) is 0 Å². The molecule has 5 aromatic carbocycles. The van der Waals surface area contributed by atoms with Gasteiger partial charge in [0.25, 0.3) is 0 Å². The summed E-state index contributed by atoms with van der Waals surface area (Å²) in [6.45, 7) is 4.63. The van der Waals surface area contributed by atoms with E-state index in [2.05, 4.69) is 116 Å². The molecule has 1 N–H and O–H groups in total. The van der Waals surface area contributed by atoms with Crippen molar-refractivity contribution >= 4 is 44.1 Å².